The maximum atomic E-state index is 11.5. The number of aliphatic hydroxyl groups excluding tert-OH is 1. The largest absolute Gasteiger partial charge is 1.00 e. The van der Waals surface area contributed by atoms with Gasteiger partial charge in [-0.25, -0.2) is 4.21 Å². The predicted octanol–water partition coefficient (Wildman–Crippen LogP) is 5.59. The molecule has 2 aromatic carbocycles. The highest BCUT2D eigenvalue weighted by Gasteiger charge is 2.18. The van der Waals surface area contributed by atoms with Crippen LogP contribution in [0.5, 0.6) is 0 Å². The second-order valence-electron chi connectivity index (χ2n) is 8.78. The van der Waals surface area contributed by atoms with Crippen LogP contribution in [0.15, 0.2) is 60.9 Å². The molecule has 252 valence electrons. The molecule has 6 N–H and O–H groups in total. The first-order valence-corrected chi connectivity index (χ1v) is 15.5. The minimum atomic E-state index is -1.67. The lowest BCUT2D eigenvalue weighted by Gasteiger charge is -2.09. The number of carboxylic acid groups (broad SMARTS) is 1. The van der Waals surface area contributed by atoms with Crippen LogP contribution in [0, 0.1) is 0 Å². The molecule has 44 heavy (non-hydrogen) atoms. The van der Waals surface area contributed by atoms with Gasteiger partial charge in [0.15, 0.2) is 0 Å². The number of aliphatic carboxylic acids is 1. The number of aromatic nitrogens is 2. The molecule has 0 fully saturated rings. The van der Waals surface area contributed by atoms with Crippen LogP contribution in [0.4, 0.5) is 0 Å². The topological polar surface area (TPSA) is 163 Å². The minimum Gasteiger partial charge on any atom is -1.00 e. The summed E-state index contributed by atoms with van der Waals surface area (Å²) in [6.45, 7) is 4.07. The van der Waals surface area contributed by atoms with Crippen LogP contribution in [0.2, 0.25) is 0 Å². The fraction of sp³-hybridized carbons (Fsp3) is 0.400. The summed E-state index contributed by atoms with van der Waals surface area (Å²) in [6.07, 6.45) is 4.81. The highest BCUT2D eigenvalue weighted by molar-refractivity contribution is 8.26. The number of fused-ring (bicyclic) bond motifs is 2. The smallest absolute Gasteiger partial charge is 0.323 e. The molecule has 0 radical (unpaired) electrons. The van der Waals surface area contributed by atoms with E-state index < -0.39 is 27.3 Å². The number of nitrogens with zero attached hydrogens (tertiary/aromatic N) is 2. The summed E-state index contributed by atoms with van der Waals surface area (Å²) >= 11 is 0. The van der Waals surface area contributed by atoms with Crippen molar-refractivity contribution in [2.45, 2.75) is 53.6 Å². The van der Waals surface area contributed by atoms with Gasteiger partial charge in [-0.1, -0.05) is 51.2 Å². The second-order valence-corrected chi connectivity index (χ2v) is 11.3. The summed E-state index contributed by atoms with van der Waals surface area (Å²) in [4.78, 5) is 22.3. The van der Waals surface area contributed by atoms with Crippen LogP contribution >= 0.6 is 33.8 Å². The molecule has 2 heterocycles. The monoisotopic (exact) mass is 700 g/mol. The summed E-state index contributed by atoms with van der Waals surface area (Å²) < 4.78 is 23.8. The Morgan fingerprint density at radius 3 is 1.61 bits per heavy atom. The standard InChI is InChI=1S/C14H18N2O2.C12H14N2O2.C2H6O.2CH4.Cl2OS.ClH.H/c1-3-18-14(17)12(15)8-10-9-16(2)13-7-5-4-6-11(10)13;1-14-7-8(6-10(13)12(15)16)9-4-2-3-5-11(9)14;1-2-3;;;1-4(2)3;;/h4-7,9,12H,3,8,15H2,1-2H3;2-5,7,10H,6,13H2,1H3,(H,15,16);3H,2H2,1H3;2*1H4;;1H;/q;;;;;;;-1/t12-;10-;;;;;;/m11....../s1/i;;;1T;;;;1+1. The van der Waals surface area contributed by atoms with E-state index in [9.17, 15) is 9.59 Å². The molecule has 4 aromatic rings. The molecule has 0 amide bonds. The lowest BCUT2D eigenvalue weighted by atomic mass is 10.1. The number of nitrogens with two attached hydrogens (primary N) is 2. The van der Waals surface area contributed by atoms with Gasteiger partial charge in [0.1, 0.15) is 12.1 Å². The van der Waals surface area contributed by atoms with Crippen molar-refractivity contribution in [3.63, 3.8) is 0 Å². The molecule has 0 spiro atoms. The summed E-state index contributed by atoms with van der Waals surface area (Å²) in [5.41, 5.74) is 15.7. The zero-order chi connectivity index (χ0) is 33.1. The van der Waals surface area contributed by atoms with Gasteiger partial charge < -0.3 is 37.0 Å². The van der Waals surface area contributed by atoms with Crippen molar-refractivity contribution < 1.29 is 31.5 Å². The van der Waals surface area contributed by atoms with Gasteiger partial charge in [0.25, 0.3) is 0 Å². The van der Waals surface area contributed by atoms with Crippen molar-refractivity contribution in [2.24, 2.45) is 25.6 Å². The van der Waals surface area contributed by atoms with Crippen LogP contribution in [-0.4, -0.2) is 60.8 Å². The number of esters is 1. The first-order valence-electron chi connectivity index (χ1n) is 13.7. The molecular weight excluding hydrogens is 651 g/mol. The molecule has 2 aromatic heterocycles. The fourth-order valence-electron chi connectivity index (χ4n) is 4.07. The Hall–Kier alpha value is -2.64. The Morgan fingerprint density at radius 1 is 0.932 bits per heavy atom. The first-order chi connectivity index (χ1) is 20.4. The zero-order valence-electron chi connectivity index (χ0n) is 26.9. The van der Waals surface area contributed by atoms with Gasteiger partial charge in [0.05, 0.1) is 6.61 Å². The molecule has 0 aliphatic heterocycles. The average molecular weight is 702 g/mol. The van der Waals surface area contributed by atoms with Crippen LogP contribution in [0.1, 0.15) is 42.6 Å². The molecule has 0 aliphatic rings. The van der Waals surface area contributed by atoms with E-state index in [0.29, 0.717) is 19.4 Å². The van der Waals surface area contributed by atoms with E-state index in [-0.39, 0.29) is 33.8 Å². The van der Waals surface area contributed by atoms with Crippen molar-refractivity contribution in [2.75, 3.05) is 13.2 Å². The summed E-state index contributed by atoms with van der Waals surface area (Å²) in [6, 6.07) is 14.5. The normalized spacial score (nSPS) is 11.2. The van der Waals surface area contributed by atoms with E-state index in [1.54, 1.807) is 13.8 Å². The summed E-state index contributed by atoms with van der Waals surface area (Å²) in [5.74, 6) is -1.31. The number of hydrogen-bond donors (Lipinski definition) is 4. The van der Waals surface area contributed by atoms with E-state index in [1.165, 1.54) is 7.40 Å². The van der Waals surface area contributed by atoms with Gasteiger partial charge in [0.2, 0.25) is 9.23 Å². The van der Waals surface area contributed by atoms with Crippen molar-refractivity contribution >= 4 is 76.7 Å². The number of hydrogen-bond acceptors (Lipinski definition) is 7. The van der Waals surface area contributed by atoms with Crippen molar-refractivity contribution in [3.05, 3.63) is 72.1 Å². The Labute approximate surface area is 281 Å². The van der Waals surface area contributed by atoms with Gasteiger partial charge in [-0.3, -0.25) is 9.59 Å². The quantitative estimate of drug-likeness (QED) is 0.143. The third-order valence-electron chi connectivity index (χ3n) is 5.75. The highest BCUT2D eigenvalue weighted by atomic mass is 36.0. The molecule has 14 heteroatoms. The Balaban J connectivity index is -0.000000291. The van der Waals surface area contributed by atoms with E-state index in [1.807, 2.05) is 78.1 Å². The third kappa shape index (κ3) is 14.9. The third-order valence-corrected chi connectivity index (χ3v) is 5.75. The lowest BCUT2D eigenvalue weighted by molar-refractivity contribution is -0.144. The summed E-state index contributed by atoms with van der Waals surface area (Å²) in [7, 11) is 12.5. The molecule has 0 saturated heterocycles. The van der Waals surface area contributed by atoms with Gasteiger partial charge in [0, 0.05) is 90.5 Å². The van der Waals surface area contributed by atoms with Gasteiger partial charge in [-0.15, -0.1) is 12.4 Å². The number of carboxylic acids is 1. The molecule has 10 nitrogen and oxygen atoms in total. The Kier molecular flexibility index (Phi) is 23.4. The molecule has 2 atom stereocenters. The molecule has 0 aliphatic carbocycles. The second kappa shape index (κ2) is 23.7. The number of rotatable bonds is 7. The van der Waals surface area contributed by atoms with Gasteiger partial charge >= 0.3 is 11.9 Å². The maximum Gasteiger partial charge on any atom is 0.323 e. The van der Waals surface area contributed by atoms with Crippen molar-refractivity contribution in [3.8, 4) is 0 Å². The molecule has 0 saturated carbocycles. The zero-order valence-corrected chi connectivity index (χ0v) is 28.1. The molecule has 0 bridgehead atoms. The fourth-order valence-corrected chi connectivity index (χ4v) is 4.07. The van der Waals surface area contributed by atoms with Crippen LogP contribution in [-0.2, 0) is 50.5 Å². The first kappa shape index (κ1) is 43.5. The number of aliphatic hydroxyl groups is 1. The number of halogens is 3. The molecule has 0 unspecified atom stereocenters. The number of benzene rings is 2. The van der Waals surface area contributed by atoms with Crippen LogP contribution < -0.4 is 11.5 Å². The Morgan fingerprint density at radius 2 is 1.27 bits per heavy atom. The van der Waals surface area contributed by atoms with Crippen LogP contribution in [0.3, 0.4) is 0 Å². The van der Waals surface area contributed by atoms with E-state index in [4.69, 9.17) is 32.0 Å². The minimum absolute atomic E-state index is 0. The average Bonchev–Trinajstić information content (AvgIpc) is 3.46. The number of carbonyl (C=O) groups is 2. The van der Waals surface area contributed by atoms with Gasteiger partial charge in [-0.2, -0.15) is 0 Å². The number of para-hydroxylation sites is 2. The van der Waals surface area contributed by atoms with Crippen molar-refractivity contribution in [1.29, 1.82) is 0 Å². The van der Waals surface area contributed by atoms with Gasteiger partial charge in [-0.05, 0) is 37.1 Å². The van der Waals surface area contributed by atoms with E-state index >= 15 is 0 Å². The van der Waals surface area contributed by atoms with Crippen molar-refractivity contribution in [1.82, 2.24) is 9.13 Å². The molecular formula is C30H48Cl3N4O6S-. The van der Waals surface area contributed by atoms with E-state index in [2.05, 4.69) is 27.4 Å². The SMILES string of the molecule is C.CCO.CCOC(=O)[C@H](N)Cc1cn(C)c2ccccc12.Cl.Cn1cc(C[C@@H](N)C(=O)O)c2ccccc21.O=S(Cl)Cl.[2H-].[3H]C. The number of aryl methyl sites for hydroxylation is 2. The maximum absolute atomic E-state index is 11.5. The highest BCUT2D eigenvalue weighted by Crippen LogP contribution is 2.22. The predicted molar refractivity (Wildman–Crippen MR) is 188 cm³/mol. The summed E-state index contributed by atoms with van der Waals surface area (Å²) in [5, 5.41) is 18.6. The van der Waals surface area contributed by atoms with Crippen LogP contribution in [0.25, 0.3) is 21.8 Å². The lowest BCUT2D eigenvalue weighted by Crippen LogP contribution is -2.34. The van der Waals surface area contributed by atoms with E-state index in [0.717, 1.165) is 32.9 Å². The number of ether oxygens (including phenoxy) is 1. The Bertz CT molecular complexity index is 1440. The number of carbonyl (C=O) groups excluding carboxylic acids is 1. The molecule has 4 rings (SSSR count).